The van der Waals surface area contributed by atoms with E-state index in [9.17, 15) is 4.79 Å². The number of aryl methyl sites for hydroxylation is 1. The van der Waals surface area contributed by atoms with Gasteiger partial charge in [0.05, 0.1) is 0 Å². The van der Waals surface area contributed by atoms with Gasteiger partial charge in [-0.05, 0) is 31.0 Å². The molecule has 1 aromatic carbocycles. The maximum atomic E-state index is 12.5. The number of nitrogens with zero attached hydrogens (tertiary/aromatic N) is 4. The maximum Gasteiger partial charge on any atom is 0.276 e. The van der Waals surface area contributed by atoms with Crippen molar-refractivity contribution < 1.29 is 4.79 Å². The average molecular weight is 311 g/mol. The van der Waals surface area contributed by atoms with Crippen molar-refractivity contribution in [3.05, 3.63) is 47.4 Å². The van der Waals surface area contributed by atoms with E-state index in [1.807, 2.05) is 0 Å². The first-order chi connectivity index (χ1) is 11.1. The van der Waals surface area contributed by atoms with E-state index in [2.05, 4.69) is 46.9 Å². The molecule has 1 aliphatic rings. The number of rotatable bonds is 2. The van der Waals surface area contributed by atoms with Gasteiger partial charge in [-0.25, -0.2) is 9.97 Å². The van der Waals surface area contributed by atoms with E-state index in [1.54, 1.807) is 4.90 Å². The zero-order chi connectivity index (χ0) is 16.4. The summed E-state index contributed by atoms with van der Waals surface area (Å²) in [4.78, 5) is 24.6. The number of nitrogen functional groups attached to an aromatic ring is 1. The number of benzene rings is 1. The molecular formula is C17H21N5O. The summed E-state index contributed by atoms with van der Waals surface area (Å²) in [6, 6.07) is 6.34. The van der Waals surface area contributed by atoms with Crippen LogP contribution in [0.2, 0.25) is 0 Å². The summed E-state index contributed by atoms with van der Waals surface area (Å²) in [5.41, 5.74) is 9.82. The Balaban J connectivity index is 1.70. The third-order valence-electron chi connectivity index (χ3n) is 4.41. The van der Waals surface area contributed by atoms with E-state index in [4.69, 9.17) is 5.73 Å². The Hall–Kier alpha value is -2.63. The molecule has 3 rings (SSSR count). The fraction of sp³-hybridized carbons (Fsp3) is 0.353. The topological polar surface area (TPSA) is 75.3 Å². The zero-order valence-corrected chi connectivity index (χ0v) is 13.5. The van der Waals surface area contributed by atoms with Crippen molar-refractivity contribution in [3.63, 3.8) is 0 Å². The number of piperazine rings is 1. The molecule has 2 aromatic rings. The van der Waals surface area contributed by atoms with Gasteiger partial charge >= 0.3 is 0 Å². The van der Waals surface area contributed by atoms with Gasteiger partial charge in [0.1, 0.15) is 0 Å². The van der Waals surface area contributed by atoms with Crippen molar-refractivity contribution in [1.29, 1.82) is 0 Å². The van der Waals surface area contributed by atoms with Crippen LogP contribution in [0.5, 0.6) is 0 Å². The lowest BCUT2D eigenvalue weighted by Crippen LogP contribution is -2.49. The quantitative estimate of drug-likeness (QED) is 0.912. The Morgan fingerprint density at radius 1 is 1.09 bits per heavy atom. The van der Waals surface area contributed by atoms with Crippen LogP contribution in [0.25, 0.3) is 0 Å². The predicted octanol–water partition coefficient (Wildman–Crippen LogP) is 1.64. The first kappa shape index (κ1) is 15.3. The van der Waals surface area contributed by atoms with Crippen LogP contribution in [0.4, 0.5) is 11.5 Å². The summed E-state index contributed by atoms with van der Waals surface area (Å²) in [5, 5.41) is 0. The fourth-order valence-corrected chi connectivity index (χ4v) is 2.89. The number of anilines is 2. The zero-order valence-electron chi connectivity index (χ0n) is 13.5. The van der Waals surface area contributed by atoms with Crippen LogP contribution >= 0.6 is 0 Å². The summed E-state index contributed by atoms with van der Waals surface area (Å²) in [7, 11) is 0. The Morgan fingerprint density at radius 3 is 2.48 bits per heavy atom. The molecule has 0 radical (unpaired) electrons. The van der Waals surface area contributed by atoms with Crippen LogP contribution in [-0.4, -0.2) is 47.0 Å². The van der Waals surface area contributed by atoms with Gasteiger partial charge in [0, 0.05) is 44.3 Å². The molecule has 1 aromatic heterocycles. The highest BCUT2D eigenvalue weighted by Crippen LogP contribution is 2.24. The Kier molecular flexibility index (Phi) is 4.14. The van der Waals surface area contributed by atoms with Crippen LogP contribution in [0, 0.1) is 13.8 Å². The average Bonchev–Trinajstić information content (AvgIpc) is 2.57. The number of aromatic nitrogens is 2. The maximum absolute atomic E-state index is 12.5. The molecule has 6 nitrogen and oxygen atoms in total. The first-order valence-electron chi connectivity index (χ1n) is 7.75. The first-order valence-corrected chi connectivity index (χ1v) is 7.75. The summed E-state index contributed by atoms with van der Waals surface area (Å²) in [5.74, 6) is 0.0469. The Morgan fingerprint density at radius 2 is 1.78 bits per heavy atom. The monoisotopic (exact) mass is 311 g/mol. The lowest BCUT2D eigenvalue weighted by Gasteiger charge is -2.37. The summed E-state index contributed by atoms with van der Waals surface area (Å²) >= 11 is 0. The number of carbonyl (C=O) groups excluding carboxylic acids is 1. The molecule has 2 heterocycles. The standard InChI is InChI=1S/C17H21N5O/c1-12-4-3-5-14(13(12)2)21-8-10-22(11-9-21)17(23)15-16(18)20-7-6-19-15/h3-7H,8-11H2,1-2H3,(H2,18,20). The van der Waals surface area contributed by atoms with Gasteiger partial charge in [-0.2, -0.15) is 0 Å². The predicted molar refractivity (Wildman–Crippen MR) is 90.5 cm³/mol. The van der Waals surface area contributed by atoms with Gasteiger partial charge in [0.25, 0.3) is 5.91 Å². The van der Waals surface area contributed by atoms with E-state index in [1.165, 1.54) is 29.2 Å². The fourth-order valence-electron chi connectivity index (χ4n) is 2.89. The van der Waals surface area contributed by atoms with Crippen LogP contribution in [0.15, 0.2) is 30.6 Å². The number of carbonyl (C=O) groups is 1. The molecule has 6 heteroatoms. The second-order valence-electron chi connectivity index (χ2n) is 5.79. The molecule has 0 saturated carbocycles. The SMILES string of the molecule is Cc1cccc(N2CCN(C(=O)c3nccnc3N)CC2)c1C. The molecule has 0 spiro atoms. The molecule has 1 saturated heterocycles. The van der Waals surface area contributed by atoms with Crippen molar-refractivity contribution in [3.8, 4) is 0 Å². The molecular weight excluding hydrogens is 290 g/mol. The van der Waals surface area contributed by atoms with Gasteiger partial charge in [0.15, 0.2) is 11.5 Å². The van der Waals surface area contributed by atoms with E-state index < -0.39 is 0 Å². The Labute approximate surface area is 135 Å². The number of amides is 1. The van der Waals surface area contributed by atoms with Crippen LogP contribution in [-0.2, 0) is 0 Å². The van der Waals surface area contributed by atoms with E-state index >= 15 is 0 Å². The Bertz CT molecular complexity index is 723. The van der Waals surface area contributed by atoms with E-state index in [0.29, 0.717) is 13.1 Å². The summed E-state index contributed by atoms with van der Waals surface area (Å²) in [6.45, 7) is 7.18. The van der Waals surface area contributed by atoms with Crippen LogP contribution in [0.3, 0.4) is 0 Å². The lowest BCUT2D eigenvalue weighted by atomic mass is 10.1. The second-order valence-corrected chi connectivity index (χ2v) is 5.79. The molecule has 0 atom stereocenters. The normalized spacial score (nSPS) is 14.9. The summed E-state index contributed by atoms with van der Waals surface area (Å²) in [6.07, 6.45) is 2.99. The molecule has 0 bridgehead atoms. The highest BCUT2D eigenvalue weighted by molar-refractivity contribution is 5.96. The van der Waals surface area contributed by atoms with Crippen molar-refractivity contribution >= 4 is 17.4 Å². The van der Waals surface area contributed by atoms with Crippen molar-refractivity contribution in [1.82, 2.24) is 14.9 Å². The minimum Gasteiger partial charge on any atom is -0.382 e. The lowest BCUT2D eigenvalue weighted by molar-refractivity contribution is 0.0741. The van der Waals surface area contributed by atoms with Gasteiger partial charge in [-0.3, -0.25) is 4.79 Å². The van der Waals surface area contributed by atoms with Gasteiger partial charge in [0.2, 0.25) is 0 Å². The van der Waals surface area contributed by atoms with Crippen LogP contribution in [0.1, 0.15) is 21.6 Å². The number of nitrogens with two attached hydrogens (primary N) is 1. The van der Waals surface area contributed by atoms with Crippen molar-refractivity contribution in [2.45, 2.75) is 13.8 Å². The van der Waals surface area contributed by atoms with E-state index in [-0.39, 0.29) is 17.4 Å². The van der Waals surface area contributed by atoms with Crippen molar-refractivity contribution in [2.75, 3.05) is 36.8 Å². The molecule has 1 fully saturated rings. The highest BCUT2D eigenvalue weighted by Gasteiger charge is 2.25. The minimum absolute atomic E-state index is 0.142. The molecule has 0 unspecified atom stereocenters. The molecule has 23 heavy (non-hydrogen) atoms. The van der Waals surface area contributed by atoms with Gasteiger partial charge in [-0.15, -0.1) is 0 Å². The molecule has 1 aliphatic heterocycles. The second kappa shape index (κ2) is 6.24. The number of hydrogen-bond acceptors (Lipinski definition) is 5. The van der Waals surface area contributed by atoms with Gasteiger partial charge in [-0.1, -0.05) is 12.1 Å². The molecule has 120 valence electrons. The van der Waals surface area contributed by atoms with E-state index in [0.717, 1.165) is 13.1 Å². The third-order valence-corrected chi connectivity index (χ3v) is 4.41. The summed E-state index contributed by atoms with van der Waals surface area (Å²) < 4.78 is 0. The van der Waals surface area contributed by atoms with Crippen molar-refractivity contribution in [2.24, 2.45) is 0 Å². The smallest absolute Gasteiger partial charge is 0.276 e. The largest absolute Gasteiger partial charge is 0.382 e. The van der Waals surface area contributed by atoms with Gasteiger partial charge < -0.3 is 15.5 Å². The molecule has 2 N–H and O–H groups in total. The highest BCUT2D eigenvalue weighted by atomic mass is 16.2. The number of hydrogen-bond donors (Lipinski definition) is 1. The minimum atomic E-state index is -0.142. The molecule has 1 amide bonds. The van der Waals surface area contributed by atoms with Crippen LogP contribution < -0.4 is 10.6 Å². The third kappa shape index (κ3) is 2.97. The molecule has 0 aliphatic carbocycles.